The molecule has 1 heterocycles. The lowest BCUT2D eigenvalue weighted by molar-refractivity contribution is -0.140. The summed E-state index contributed by atoms with van der Waals surface area (Å²) in [7, 11) is 0. The van der Waals surface area contributed by atoms with E-state index in [1.54, 1.807) is 30.0 Å². The summed E-state index contributed by atoms with van der Waals surface area (Å²) >= 11 is 3.32. The molecular formula is C19H18BrNO3. The molecule has 0 unspecified atom stereocenters. The molecule has 0 saturated carbocycles. The van der Waals surface area contributed by atoms with Crippen molar-refractivity contribution in [1.82, 2.24) is 4.90 Å². The molecule has 1 atom stereocenters. The first kappa shape index (κ1) is 16.7. The van der Waals surface area contributed by atoms with Crippen molar-refractivity contribution < 1.29 is 14.3 Å². The number of nitrogens with zero attached hydrogens (tertiary/aromatic N) is 1. The van der Waals surface area contributed by atoms with E-state index < -0.39 is 12.1 Å². The first-order valence-electron chi connectivity index (χ1n) is 7.86. The largest absolute Gasteiger partial charge is 0.449 e. The molecule has 24 heavy (non-hydrogen) atoms. The van der Waals surface area contributed by atoms with Crippen LogP contribution in [-0.2, 0) is 22.5 Å². The number of halogens is 1. The summed E-state index contributed by atoms with van der Waals surface area (Å²) < 4.78 is 6.14. The van der Waals surface area contributed by atoms with Gasteiger partial charge in [-0.3, -0.25) is 4.79 Å². The lowest BCUT2D eigenvalue weighted by Gasteiger charge is -2.30. The van der Waals surface area contributed by atoms with Crippen molar-refractivity contribution in [1.29, 1.82) is 0 Å². The van der Waals surface area contributed by atoms with Gasteiger partial charge in [0.25, 0.3) is 5.91 Å². The molecule has 1 amide bonds. The summed E-state index contributed by atoms with van der Waals surface area (Å²) in [6, 6.07) is 15.0. The van der Waals surface area contributed by atoms with Gasteiger partial charge in [0.2, 0.25) is 0 Å². The Hall–Kier alpha value is -2.14. The Kier molecular flexibility index (Phi) is 5.00. The molecular weight excluding hydrogens is 370 g/mol. The molecule has 1 aliphatic heterocycles. The average Bonchev–Trinajstić information content (AvgIpc) is 2.60. The zero-order valence-corrected chi connectivity index (χ0v) is 15.0. The van der Waals surface area contributed by atoms with Gasteiger partial charge in [-0.25, -0.2) is 4.79 Å². The highest BCUT2D eigenvalue weighted by Crippen LogP contribution is 2.20. The zero-order chi connectivity index (χ0) is 17.1. The highest BCUT2D eigenvalue weighted by Gasteiger charge is 2.27. The van der Waals surface area contributed by atoms with Crippen LogP contribution in [0.3, 0.4) is 0 Å². The molecule has 0 aliphatic carbocycles. The Morgan fingerprint density at radius 2 is 1.88 bits per heavy atom. The standard InChI is InChI=1S/C19H18BrNO3/c1-13(24-19(23)15-7-4-8-17(20)11-15)18(22)21-10-9-14-5-2-3-6-16(14)12-21/h2-8,11,13H,9-10,12H2,1H3/t13-/m1/s1. The van der Waals surface area contributed by atoms with Crippen LogP contribution in [0.5, 0.6) is 0 Å². The van der Waals surface area contributed by atoms with E-state index in [1.807, 2.05) is 24.3 Å². The Bertz CT molecular complexity index is 775. The maximum absolute atomic E-state index is 12.6. The smallest absolute Gasteiger partial charge is 0.338 e. The summed E-state index contributed by atoms with van der Waals surface area (Å²) in [5.41, 5.74) is 2.86. The number of hydrogen-bond acceptors (Lipinski definition) is 3. The molecule has 5 heteroatoms. The van der Waals surface area contributed by atoms with E-state index in [0.29, 0.717) is 18.7 Å². The number of esters is 1. The monoisotopic (exact) mass is 387 g/mol. The number of amides is 1. The van der Waals surface area contributed by atoms with Crippen LogP contribution in [0, 0.1) is 0 Å². The van der Waals surface area contributed by atoms with Crippen molar-refractivity contribution in [3.05, 3.63) is 69.7 Å². The van der Waals surface area contributed by atoms with Gasteiger partial charge < -0.3 is 9.64 Å². The van der Waals surface area contributed by atoms with Gasteiger partial charge in [0.15, 0.2) is 6.10 Å². The first-order valence-corrected chi connectivity index (χ1v) is 8.66. The molecule has 1 aliphatic rings. The van der Waals surface area contributed by atoms with Crippen LogP contribution < -0.4 is 0 Å². The lowest BCUT2D eigenvalue weighted by atomic mass is 9.99. The second-order valence-electron chi connectivity index (χ2n) is 5.84. The van der Waals surface area contributed by atoms with Crippen LogP contribution in [0.15, 0.2) is 53.0 Å². The molecule has 2 aromatic rings. The lowest BCUT2D eigenvalue weighted by Crippen LogP contribution is -2.42. The number of carbonyl (C=O) groups excluding carboxylic acids is 2. The number of ether oxygens (including phenoxy) is 1. The SMILES string of the molecule is C[C@@H](OC(=O)c1cccc(Br)c1)C(=O)N1CCc2ccccc2C1. The van der Waals surface area contributed by atoms with E-state index in [-0.39, 0.29) is 5.91 Å². The van der Waals surface area contributed by atoms with Crippen molar-refractivity contribution >= 4 is 27.8 Å². The van der Waals surface area contributed by atoms with Crippen LogP contribution in [0.4, 0.5) is 0 Å². The highest BCUT2D eigenvalue weighted by molar-refractivity contribution is 9.10. The van der Waals surface area contributed by atoms with Crippen LogP contribution in [0.1, 0.15) is 28.4 Å². The molecule has 2 aromatic carbocycles. The Morgan fingerprint density at radius 1 is 1.12 bits per heavy atom. The topological polar surface area (TPSA) is 46.6 Å². The van der Waals surface area contributed by atoms with Crippen LogP contribution in [0.2, 0.25) is 0 Å². The Balaban J connectivity index is 1.64. The van der Waals surface area contributed by atoms with E-state index in [1.165, 1.54) is 5.56 Å². The van der Waals surface area contributed by atoms with Crippen LogP contribution >= 0.6 is 15.9 Å². The van der Waals surface area contributed by atoms with Gasteiger partial charge in [0, 0.05) is 17.6 Å². The summed E-state index contributed by atoms with van der Waals surface area (Å²) in [4.78, 5) is 26.5. The third-order valence-electron chi connectivity index (χ3n) is 4.13. The van der Waals surface area contributed by atoms with Gasteiger partial charge in [-0.1, -0.05) is 46.3 Å². The number of benzene rings is 2. The third-order valence-corrected chi connectivity index (χ3v) is 4.63. The summed E-state index contributed by atoms with van der Waals surface area (Å²) in [6.45, 7) is 2.83. The van der Waals surface area contributed by atoms with E-state index in [2.05, 4.69) is 22.0 Å². The number of hydrogen-bond donors (Lipinski definition) is 0. The minimum atomic E-state index is -0.804. The number of fused-ring (bicyclic) bond motifs is 1. The summed E-state index contributed by atoms with van der Waals surface area (Å²) in [5, 5.41) is 0. The van der Waals surface area contributed by atoms with Gasteiger partial charge in [0.1, 0.15) is 0 Å². The van der Waals surface area contributed by atoms with Crippen LogP contribution in [-0.4, -0.2) is 29.4 Å². The molecule has 0 saturated heterocycles. The third kappa shape index (κ3) is 3.67. The zero-order valence-electron chi connectivity index (χ0n) is 13.4. The van der Waals surface area contributed by atoms with E-state index >= 15 is 0 Å². The first-order chi connectivity index (χ1) is 11.5. The summed E-state index contributed by atoms with van der Waals surface area (Å²) in [6.07, 6.45) is 0.0237. The maximum Gasteiger partial charge on any atom is 0.338 e. The Morgan fingerprint density at radius 3 is 2.62 bits per heavy atom. The van der Waals surface area contributed by atoms with Gasteiger partial charge in [0.05, 0.1) is 5.56 Å². The van der Waals surface area contributed by atoms with E-state index in [9.17, 15) is 9.59 Å². The number of rotatable bonds is 3. The second-order valence-corrected chi connectivity index (χ2v) is 6.75. The van der Waals surface area contributed by atoms with Gasteiger partial charge in [-0.05, 0) is 42.7 Å². The molecule has 4 nitrogen and oxygen atoms in total. The van der Waals surface area contributed by atoms with E-state index in [0.717, 1.165) is 16.5 Å². The predicted octanol–water partition coefficient (Wildman–Crippen LogP) is 3.58. The van der Waals surface area contributed by atoms with Gasteiger partial charge >= 0.3 is 5.97 Å². The molecule has 0 spiro atoms. The fourth-order valence-electron chi connectivity index (χ4n) is 2.84. The quantitative estimate of drug-likeness (QED) is 0.756. The normalized spacial score (nSPS) is 14.7. The van der Waals surface area contributed by atoms with Crippen molar-refractivity contribution in [3.63, 3.8) is 0 Å². The second kappa shape index (κ2) is 7.18. The van der Waals surface area contributed by atoms with Crippen LogP contribution in [0.25, 0.3) is 0 Å². The van der Waals surface area contributed by atoms with Crippen molar-refractivity contribution in [2.45, 2.75) is 26.0 Å². The molecule has 3 rings (SSSR count). The summed E-state index contributed by atoms with van der Waals surface area (Å²) in [5.74, 6) is -0.651. The number of carbonyl (C=O) groups is 2. The highest BCUT2D eigenvalue weighted by atomic mass is 79.9. The Labute approximate surface area is 149 Å². The molecule has 0 N–H and O–H groups in total. The van der Waals surface area contributed by atoms with Crippen molar-refractivity contribution in [2.24, 2.45) is 0 Å². The van der Waals surface area contributed by atoms with Crippen molar-refractivity contribution in [2.75, 3.05) is 6.54 Å². The molecule has 0 aromatic heterocycles. The van der Waals surface area contributed by atoms with Gasteiger partial charge in [-0.15, -0.1) is 0 Å². The molecule has 0 radical (unpaired) electrons. The maximum atomic E-state index is 12.6. The predicted molar refractivity (Wildman–Crippen MR) is 94.6 cm³/mol. The fraction of sp³-hybridized carbons (Fsp3) is 0.263. The minimum Gasteiger partial charge on any atom is -0.449 e. The van der Waals surface area contributed by atoms with E-state index in [4.69, 9.17) is 4.74 Å². The molecule has 124 valence electrons. The molecule has 0 bridgehead atoms. The average molecular weight is 388 g/mol. The minimum absolute atomic E-state index is 0.159. The molecule has 0 fully saturated rings. The fourth-order valence-corrected chi connectivity index (χ4v) is 3.23. The van der Waals surface area contributed by atoms with Crippen molar-refractivity contribution in [3.8, 4) is 0 Å². The van der Waals surface area contributed by atoms with Gasteiger partial charge in [-0.2, -0.15) is 0 Å².